The van der Waals surface area contributed by atoms with Crippen LogP contribution in [0.4, 0.5) is 0 Å². The molecule has 1 nitrogen and oxygen atoms in total. The van der Waals surface area contributed by atoms with Gasteiger partial charge in [0.25, 0.3) is 0 Å². The van der Waals surface area contributed by atoms with Crippen molar-refractivity contribution in [2.75, 3.05) is 13.1 Å². The molecule has 1 aliphatic rings. The third-order valence-electron chi connectivity index (χ3n) is 1.98. The number of nitrogens with one attached hydrogen (secondary N) is 1. The number of halogens is 1. The van der Waals surface area contributed by atoms with E-state index in [4.69, 9.17) is 0 Å². The minimum Gasteiger partial charge on any atom is -0.316 e. The van der Waals surface area contributed by atoms with E-state index in [1.807, 2.05) is 0 Å². The van der Waals surface area contributed by atoms with Crippen molar-refractivity contribution in [2.24, 2.45) is 5.92 Å². The van der Waals surface area contributed by atoms with E-state index in [9.17, 15) is 0 Å². The molecule has 0 amide bonds. The van der Waals surface area contributed by atoms with E-state index in [-0.39, 0.29) is 0 Å². The Morgan fingerprint density at radius 1 is 1.67 bits per heavy atom. The zero-order valence-electron chi connectivity index (χ0n) is 5.86. The molecule has 1 fully saturated rings. The van der Waals surface area contributed by atoms with Gasteiger partial charge in [0.15, 0.2) is 0 Å². The Labute approximate surface area is 70.7 Å². The first-order valence-electron chi connectivity index (χ1n) is 3.65. The van der Waals surface area contributed by atoms with E-state index in [1.165, 1.54) is 25.9 Å². The van der Waals surface area contributed by atoms with Gasteiger partial charge in [-0.25, -0.2) is 0 Å². The van der Waals surface area contributed by atoms with Crippen LogP contribution in [0.2, 0.25) is 0 Å². The summed E-state index contributed by atoms with van der Waals surface area (Å²) in [5.41, 5.74) is 0. The summed E-state index contributed by atoms with van der Waals surface area (Å²) in [5, 5.41) is 3.41. The molecule has 0 aromatic carbocycles. The lowest BCUT2D eigenvalue weighted by Gasteiger charge is -2.24. The Morgan fingerprint density at radius 3 is 2.78 bits per heavy atom. The van der Waals surface area contributed by atoms with Gasteiger partial charge in [0.2, 0.25) is 0 Å². The highest BCUT2D eigenvalue weighted by Gasteiger charge is 2.16. The number of hydrogen-bond acceptors (Lipinski definition) is 1. The summed E-state index contributed by atoms with van der Waals surface area (Å²) in [7, 11) is 0. The summed E-state index contributed by atoms with van der Waals surface area (Å²) in [6, 6.07) is 0. The molecule has 1 aliphatic heterocycles. The highest BCUT2D eigenvalue weighted by Crippen LogP contribution is 2.19. The quantitative estimate of drug-likeness (QED) is 0.543. The minimum absolute atomic E-state index is 0.843. The molecule has 2 heteroatoms. The largest absolute Gasteiger partial charge is 0.316 e. The first-order chi connectivity index (χ1) is 4.30. The smallest absolute Gasteiger partial charge is 0.0122 e. The second kappa shape index (κ2) is 3.76. The molecule has 0 aromatic heterocycles. The van der Waals surface area contributed by atoms with Crippen molar-refractivity contribution in [1.29, 1.82) is 0 Å². The van der Waals surface area contributed by atoms with E-state index >= 15 is 0 Å². The summed E-state index contributed by atoms with van der Waals surface area (Å²) in [6.45, 7) is 4.78. The zero-order chi connectivity index (χ0) is 6.69. The minimum atomic E-state index is 0.843. The normalized spacial score (nSPS) is 32.0. The summed E-state index contributed by atoms with van der Waals surface area (Å²) in [5.74, 6) is 0.930. The molecule has 1 rings (SSSR count). The van der Waals surface area contributed by atoms with Crippen LogP contribution in [0.5, 0.6) is 0 Å². The van der Waals surface area contributed by atoms with Gasteiger partial charge in [-0.3, -0.25) is 0 Å². The monoisotopic (exact) mass is 239 g/mol. The topological polar surface area (TPSA) is 12.0 Å². The number of rotatable bonds is 1. The van der Waals surface area contributed by atoms with Crippen LogP contribution in [-0.2, 0) is 0 Å². The van der Waals surface area contributed by atoms with Crippen molar-refractivity contribution in [2.45, 2.75) is 23.7 Å². The van der Waals surface area contributed by atoms with Gasteiger partial charge >= 0.3 is 0 Å². The Morgan fingerprint density at radius 2 is 2.44 bits per heavy atom. The third-order valence-corrected chi connectivity index (χ3v) is 3.00. The van der Waals surface area contributed by atoms with Gasteiger partial charge in [0.05, 0.1) is 0 Å². The highest BCUT2D eigenvalue weighted by atomic mass is 127. The van der Waals surface area contributed by atoms with Crippen LogP contribution in [0.25, 0.3) is 0 Å². The number of piperidine rings is 1. The van der Waals surface area contributed by atoms with Crippen molar-refractivity contribution in [3.8, 4) is 0 Å². The van der Waals surface area contributed by atoms with E-state index < -0.39 is 0 Å². The second-order valence-electron chi connectivity index (χ2n) is 2.78. The SMILES string of the molecule is C[C@@H](I)[C@H]1CCCNC1. The molecule has 0 unspecified atom stereocenters. The van der Waals surface area contributed by atoms with Crippen LogP contribution >= 0.6 is 22.6 Å². The Hall–Kier alpha value is 0.690. The molecule has 0 aliphatic carbocycles. The molecular formula is C7H14IN. The van der Waals surface area contributed by atoms with Gasteiger partial charge in [-0.15, -0.1) is 0 Å². The predicted octanol–water partition coefficient (Wildman–Crippen LogP) is 1.81. The van der Waals surface area contributed by atoms with Crippen molar-refractivity contribution in [3.63, 3.8) is 0 Å². The van der Waals surface area contributed by atoms with Crippen LogP contribution in [0.1, 0.15) is 19.8 Å². The molecule has 1 N–H and O–H groups in total. The molecule has 9 heavy (non-hydrogen) atoms. The summed E-state index contributed by atoms with van der Waals surface area (Å²) < 4.78 is 0.843. The van der Waals surface area contributed by atoms with Crippen molar-refractivity contribution in [3.05, 3.63) is 0 Å². The molecule has 0 aromatic rings. The first kappa shape index (κ1) is 7.79. The number of alkyl halides is 1. The van der Waals surface area contributed by atoms with Gasteiger partial charge in [0.1, 0.15) is 0 Å². The van der Waals surface area contributed by atoms with Crippen LogP contribution in [0.15, 0.2) is 0 Å². The maximum absolute atomic E-state index is 3.41. The van der Waals surface area contributed by atoms with Gasteiger partial charge in [-0.2, -0.15) is 0 Å². The van der Waals surface area contributed by atoms with E-state index in [1.54, 1.807) is 0 Å². The molecule has 0 spiro atoms. The van der Waals surface area contributed by atoms with E-state index in [2.05, 4.69) is 34.8 Å². The summed E-state index contributed by atoms with van der Waals surface area (Å²) in [6.07, 6.45) is 2.80. The molecule has 1 saturated heterocycles. The fourth-order valence-corrected chi connectivity index (χ4v) is 1.88. The maximum atomic E-state index is 3.41. The van der Waals surface area contributed by atoms with Crippen molar-refractivity contribution in [1.82, 2.24) is 5.32 Å². The average Bonchev–Trinajstić information content (AvgIpc) is 1.90. The van der Waals surface area contributed by atoms with E-state index in [0.29, 0.717) is 0 Å². The predicted molar refractivity (Wildman–Crippen MR) is 49.1 cm³/mol. The Bertz CT molecular complexity index is 77.0. The molecule has 54 valence electrons. The van der Waals surface area contributed by atoms with Gasteiger partial charge < -0.3 is 5.32 Å². The summed E-state index contributed by atoms with van der Waals surface area (Å²) >= 11 is 2.52. The maximum Gasteiger partial charge on any atom is 0.0122 e. The van der Waals surface area contributed by atoms with Crippen molar-refractivity contribution >= 4 is 22.6 Å². The van der Waals surface area contributed by atoms with Crippen LogP contribution < -0.4 is 5.32 Å². The fraction of sp³-hybridized carbons (Fsp3) is 1.00. The van der Waals surface area contributed by atoms with Crippen LogP contribution in [0, 0.1) is 5.92 Å². The molecule has 0 radical (unpaired) electrons. The average molecular weight is 239 g/mol. The lowest BCUT2D eigenvalue weighted by Crippen LogP contribution is -2.33. The lowest BCUT2D eigenvalue weighted by atomic mass is 9.97. The summed E-state index contributed by atoms with van der Waals surface area (Å²) in [4.78, 5) is 0. The van der Waals surface area contributed by atoms with Gasteiger partial charge in [-0.1, -0.05) is 29.5 Å². The number of hydrogen-bond donors (Lipinski definition) is 1. The standard InChI is InChI=1S/C7H14IN/c1-6(8)7-3-2-4-9-5-7/h6-7,9H,2-5H2,1H3/t6-,7+/m1/s1. The second-order valence-corrected chi connectivity index (χ2v) is 4.75. The van der Waals surface area contributed by atoms with Gasteiger partial charge in [0, 0.05) is 3.92 Å². The van der Waals surface area contributed by atoms with Crippen LogP contribution in [0.3, 0.4) is 0 Å². The molecule has 0 saturated carbocycles. The molecule has 2 atom stereocenters. The third kappa shape index (κ3) is 2.42. The first-order valence-corrected chi connectivity index (χ1v) is 4.90. The molecule has 1 heterocycles. The van der Waals surface area contributed by atoms with Gasteiger partial charge in [-0.05, 0) is 31.8 Å². The fourth-order valence-electron chi connectivity index (χ4n) is 1.27. The van der Waals surface area contributed by atoms with Crippen molar-refractivity contribution < 1.29 is 0 Å². The highest BCUT2D eigenvalue weighted by molar-refractivity contribution is 14.1. The molecule has 0 bridgehead atoms. The Balaban J connectivity index is 2.23. The zero-order valence-corrected chi connectivity index (χ0v) is 8.02. The van der Waals surface area contributed by atoms with Crippen LogP contribution in [-0.4, -0.2) is 17.0 Å². The molecular weight excluding hydrogens is 225 g/mol. The lowest BCUT2D eigenvalue weighted by molar-refractivity contribution is 0.383. The Kier molecular flexibility index (Phi) is 3.26. The van der Waals surface area contributed by atoms with E-state index in [0.717, 1.165) is 9.84 Å².